The van der Waals surface area contributed by atoms with Crippen LogP contribution in [-0.4, -0.2) is 48.7 Å². The van der Waals surface area contributed by atoms with Crippen LogP contribution < -0.4 is 10.2 Å². The van der Waals surface area contributed by atoms with Crippen molar-refractivity contribution in [1.82, 2.24) is 15.4 Å². The first-order valence-electron chi connectivity index (χ1n) is 9.59. The average Bonchev–Trinajstić information content (AvgIpc) is 3.41. The molecule has 1 atom stereocenters. The van der Waals surface area contributed by atoms with Crippen LogP contribution in [-0.2, 0) is 0 Å². The van der Waals surface area contributed by atoms with E-state index in [9.17, 15) is 9.18 Å². The number of carbonyl (C=O) groups is 1. The van der Waals surface area contributed by atoms with Crippen molar-refractivity contribution in [2.75, 3.05) is 37.6 Å². The molecule has 3 heterocycles. The molecule has 1 aromatic carbocycles. The summed E-state index contributed by atoms with van der Waals surface area (Å²) in [4.78, 5) is 16.9. The van der Waals surface area contributed by atoms with Gasteiger partial charge in [0.25, 0.3) is 5.91 Å². The van der Waals surface area contributed by atoms with Crippen molar-refractivity contribution < 1.29 is 18.1 Å². The second-order valence-electron chi connectivity index (χ2n) is 7.06. The molecule has 4 rings (SSSR count). The normalized spacial score (nSPS) is 16.0. The third kappa shape index (κ3) is 4.48. The van der Waals surface area contributed by atoms with Gasteiger partial charge in [-0.25, -0.2) is 4.39 Å². The van der Waals surface area contributed by atoms with E-state index in [-0.39, 0.29) is 23.5 Å². The lowest BCUT2D eigenvalue weighted by molar-refractivity contribution is 0.0914. The quantitative estimate of drug-likeness (QED) is 0.688. The number of halogens is 1. The molecule has 2 aromatic heterocycles. The van der Waals surface area contributed by atoms with Crippen LogP contribution in [0.2, 0.25) is 0 Å². The summed E-state index contributed by atoms with van der Waals surface area (Å²) in [5.41, 5.74) is 1.28. The Morgan fingerprint density at radius 1 is 1.21 bits per heavy atom. The van der Waals surface area contributed by atoms with Crippen LogP contribution in [0.3, 0.4) is 0 Å². The molecule has 1 aliphatic rings. The Morgan fingerprint density at radius 2 is 1.97 bits per heavy atom. The van der Waals surface area contributed by atoms with Gasteiger partial charge in [-0.05, 0) is 43.3 Å². The van der Waals surface area contributed by atoms with Crippen molar-refractivity contribution >= 4 is 11.6 Å². The number of aryl methyl sites for hydroxylation is 1. The van der Waals surface area contributed by atoms with Crippen LogP contribution in [0.1, 0.15) is 28.1 Å². The highest BCUT2D eigenvalue weighted by Gasteiger charge is 2.28. The maximum Gasteiger partial charge on any atom is 0.273 e. The van der Waals surface area contributed by atoms with Crippen molar-refractivity contribution in [2.24, 2.45) is 0 Å². The van der Waals surface area contributed by atoms with E-state index in [1.807, 2.05) is 12.1 Å². The van der Waals surface area contributed by atoms with Gasteiger partial charge in [-0.15, -0.1) is 0 Å². The van der Waals surface area contributed by atoms with E-state index in [1.54, 1.807) is 31.4 Å². The van der Waals surface area contributed by atoms with E-state index in [0.717, 1.165) is 37.6 Å². The van der Waals surface area contributed by atoms with Gasteiger partial charge in [0, 0.05) is 44.5 Å². The van der Waals surface area contributed by atoms with Crippen molar-refractivity contribution in [3.63, 3.8) is 0 Å². The predicted molar refractivity (Wildman–Crippen MR) is 105 cm³/mol. The molecule has 0 aliphatic carbocycles. The van der Waals surface area contributed by atoms with Gasteiger partial charge in [0.05, 0.1) is 12.3 Å². The molecule has 1 saturated heterocycles. The smallest absolute Gasteiger partial charge is 0.273 e. The van der Waals surface area contributed by atoms with Gasteiger partial charge in [-0.1, -0.05) is 5.16 Å². The highest BCUT2D eigenvalue weighted by molar-refractivity contribution is 5.92. The van der Waals surface area contributed by atoms with Crippen molar-refractivity contribution in [1.29, 1.82) is 0 Å². The number of anilines is 1. The number of piperazine rings is 1. The van der Waals surface area contributed by atoms with Gasteiger partial charge in [-0.2, -0.15) is 0 Å². The molecule has 0 saturated carbocycles. The zero-order valence-corrected chi connectivity index (χ0v) is 16.2. The van der Waals surface area contributed by atoms with Crippen molar-refractivity contribution in [3.05, 3.63) is 71.8 Å². The van der Waals surface area contributed by atoms with E-state index in [0.29, 0.717) is 12.3 Å². The number of nitrogens with zero attached hydrogens (tertiary/aromatic N) is 3. The number of benzene rings is 1. The number of amides is 1. The molecule has 29 heavy (non-hydrogen) atoms. The third-order valence-corrected chi connectivity index (χ3v) is 5.13. The minimum atomic E-state index is -0.275. The topological polar surface area (TPSA) is 74.8 Å². The molecular formula is C21H23FN4O3. The molecule has 1 unspecified atom stereocenters. The molecule has 7 nitrogen and oxygen atoms in total. The first-order valence-corrected chi connectivity index (χ1v) is 9.59. The van der Waals surface area contributed by atoms with Crippen molar-refractivity contribution in [2.45, 2.75) is 13.0 Å². The summed E-state index contributed by atoms with van der Waals surface area (Å²) in [6, 6.07) is 11.9. The van der Waals surface area contributed by atoms with E-state index in [1.165, 1.54) is 12.1 Å². The van der Waals surface area contributed by atoms with Gasteiger partial charge in [0.2, 0.25) is 0 Å². The molecule has 1 N–H and O–H groups in total. The molecular weight excluding hydrogens is 375 g/mol. The number of carbonyl (C=O) groups excluding carboxylic acids is 1. The number of rotatable bonds is 6. The summed E-state index contributed by atoms with van der Waals surface area (Å²) in [7, 11) is 0. The molecule has 1 fully saturated rings. The highest BCUT2D eigenvalue weighted by Crippen LogP contribution is 2.24. The Bertz CT molecular complexity index is 931. The van der Waals surface area contributed by atoms with Gasteiger partial charge in [0.15, 0.2) is 5.69 Å². The van der Waals surface area contributed by atoms with Crippen LogP contribution in [0.4, 0.5) is 10.1 Å². The number of hydrogen-bond acceptors (Lipinski definition) is 6. The molecule has 152 valence electrons. The Kier molecular flexibility index (Phi) is 5.62. The monoisotopic (exact) mass is 398 g/mol. The lowest BCUT2D eigenvalue weighted by atomic mass is 10.1. The molecule has 0 bridgehead atoms. The van der Waals surface area contributed by atoms with Gasteiger partial charge in [-0.3, -0.25) is 9.69 Å². The van der Waals surface area contributed by atoms with Gasteiger partial charge in [0.1, 0.15) is 17.3 Å². The highest BCUT2D eigenvalue weighted by atomic mass is 19.1. The minimum absolute atomic E-state index is 0.0858. The summed E-state index contributed by atoms with van der Waals surface area (Å²) >= 11 is 0. The van der Waals surface area contributed by atoms with Crippen molar-refractivity contribution in [3.8, 4) is 0 Å². The lowest BCUT2D eigenvalue weighted by Crippen LogP contribution is -2.49. The maximum absolute atomic E-state index is 13.2. The summed E-state index contributed by atoms with van der Waals surface area (Å²) < 4.78 is 23.8. The molecule has 1 amide bonds. The SMILES string of the molecule is Cc1cc(C(=O)NCC(c2ccco2)N2CCN(c3ccc(F)cc3)CC2)no1. The number of hydrogen-bond donors (Lipinski definition) is 1. The fourth-order valence-corrected chi connectivity index (χ4v) is 3.59. The second kappa shape index (κ2) is 8.48. The Hall–Kier alpha value is -3.13. The molecule has 8 heteroatoms. The van der Waals surface area contributed by atoms with Crippen LogP contribution in [0.15, 0.2) is 57.7 Å². The fourth-order valence-electron chi connectivity index (χ4n) is 3.59. The predicted octanol–water partition coefficient (Wildman–Crippen LogP) is 3.01. The summed E-state index contributed by atoms with van der Waals surface area (Å²) in [5, 5.41) is 6.69. The van der Waals surface area contributed by atoms with E-state index in [2.05, 4.69) is 20.3 Å². The number of aromatic nitrogens is 1. The Labute approximate surface area is 168 Å². The number of furan rings is 1. The van der Waals surface area contributed by atoms with Gasteiger partial charge < -0.3 is 19.2 Å². The minimum Gasteiger partial charge on any atom is -0.468 e. The molecule has 0 spiro atoms. The van der Waals surface area contributed by atoms with Crippen LogP contribution >= 0.6 is 0 Å². The van der Waals surface area contributed by atoms with Crippen LogP contribution in [0.25, 0.3) is 0 Å². The van der Waals surface area contributed by atoms with E-state index >= 15 is 0 Å². The molecule has 0 radical (unpaired) electrons. The largest absolute Gasteiger partial charge is 0.468 e. The average molecular weight is 398 g/mol. The van der Waals surface area contributed by atoms with Gasteiger partial charge >= 0.3 is 0 Å². The standard InChI is InChI=1S/C21H23FN4O3/c1-15-13-18(24-29-15)21(27)23-14-19(20-3-2-12-28-20)26-10-8-25(9-11-26)17-6-4-16(22)5-7-17/h2-7,12-13,19H,8-11,14H2,1H3,(H,23,27). The summed E-state index contributed by atoms with van der Waals surface area (Å²) in [6.45, 7) is 5.34. The zero-order valence-electron chi connectivity index (χ0n) is 16.2. The number of nitrogens with one attached hydrogen (secondary N) is 1. The van der Waals surface area contributed by atoms with Crippen LogP contribution in [0.5, 0.6) is 0 Å². The first kappa shape index (κ1) is 19.2. The molecule has 3 aromatic rings. The van der Waals surface area contributed by atoms with E-state index in [4.69, 9.17) is 8.94 Å². The zero-order chi connectivity index (χ0) is 20.2. The molecule has 1 aliphatic heterocycles. The third-order valence-electron chi connectivity index (χ3n) is 5.13. The maximum atomic E-state index is 13.2. The van der Waals surface area contributed by atoms with E-state index < -0.39 is 0 Å². The second-order valence-corrected chi connectivity index (χ2v) is 7.06. The van der Waals surface area contributed by atoms with Crippen LogP contribution in [0, 0.1) is 12.7 Å². The fraction of sp³-hybridized carbons (Fsp3) is 0.333. The summed E-state index contributed by atoms with van der Waals surface area (Å²) in [6.07, 6.45) is 1.64. The first-order chi connectivity index (χ1) is 14.1. The lowest BCUT2D eigenvalue weighted by Gasteiger charge is -2.39. The Morgan fingerprint density at radius 3 is 2.59 bits per heavy atom. The Balaban J connectivity index is 1.40. The summed E-state index contributed by atoms with van der Waals surface area (Å²) in [5.74, 6) is 0.887.